The van der Waals surface area contributed by atoms with E-state index in [2.05, 4.69) is 5.32 Å². The molecule has 2 fully saturated rings. The van der Waals surface area contributed by atoms with Gasteiger partial charge in [-0.15, -0.1) is 0 Å². The van der Waals surface area contributed by atoms with Gasteiger partial charge in [0.15, 0.2) is 0 Å². The third-order valence-corrected chi connectivity index (χ3v) is 5.41. The van der Waals surface area contributed by atoms with Crippen molar-refractivity contribution in [1.82, 2.24) is 10.2 Å². The van der Waals surface area contributed by atoms with E-state index in [1.807, 2.05) is 0 Å². The van der Waals surface area contributed by atoms with Gasteiger partial charge in [0.05, 0.1) is 38.0 Å². The first-order valence-corrected chi connectivity index (χ1v) is 9.77. The summed E-state index contributed by atoms with van der Waals surface area (Å²) in [4.78, 5) is 25.8. The number of hydrogen-bond donors (Lipinski definition) is 4. The highest BCUT2D eigenvalue weighted by Gasteiger charge is 2.36. The second-order valence-electron chi connectivity index (χ2n) is 7.69. The molecule has 10 nitrogen and oxygen atoms in total. The minimum absolute atomic E-state index is 0.00614. The highest BCUT2D eigenvalue weighted by molar-refractivity contribution is 6.59. The summed E-state index contributed by atoms with van der Waals surface area (Å²) in [6.45, 7) is -0.360. The van der Waals surface area contributed by atoms with Crippen LogP contribution in [0, 0.1) is 0 Å². The molecule has 29 heavy (non-hydrogen) atoms. The Balaban J connectivity index is 1.39. The Morgan fingerprint density at radius 2 is 2.10 bits per heavy atom. The molecule has 0 saturated carbocycles. The van der Waals surface area contributed by atoms with E-state index in [0.717, 1.165) is 6.54 Å². The fourth-order valence-electron chi connectivity index (χ4n) is 3.80. The lowest BCUT2D eigenvalue weighted by Crippen LogP contribution is -2.57. The lowest BCUT2D eigenvalue weighted by molar-refractivity contribution is -0.143. The molecule has 0 aliphatic carbocycles. The van der Waals surface area contributed by atoms with E-state index in [1.165, 1.54) is 0 Å². The van der Waals surface area contributed by atoms with Crippen LogP contribution in [-0.4, -0.2) is 83.7 Å². The van der Waals surface area contributed by atoms with Gasteiger partial charge in [-0.3, -0.25) is 4.79 Å². The van der Waals surface area contributed by atoms with Crippen LogP contribution >= 0.6 is 0 Å². The molecule has 1 amide bonds. The molecule has 3 aliphatic heterocycles. The van der Waals surface area contributed by atoms with Gasteiger partial charge in [-0.2, -0.15) is 0 Å². The fraction of sp³-hybridized carbons (Fsp3) is 0.556. The van der Waals surface area contributed by atoms with Crippen molar-refractivity contribution < 1.29 is 38.9 Å². The highest BCUT2D eigenvalue weighted by Crippen LogP contribution is 2.39. The van der Waals surface area contributed by atoms with E-state index in [9.17, 15) is 24.7 Å². The number of morpholine rings is 1. The van der Waals surface area contributed by atoms with E-state index in [-0.39, 0.29) is 41.5 Å². The normalized spacial score (nSPS) is 23.5. The van der Waals surface area contributed by atoms with Gasteiger partial charge in [-0.05, 0) is 18.1 Å². The van der Waals surface area contributed by atoms with Crippen LogP contribution in [0.1, 0.15) is 22.3 Å². The van der Waals surface area contributed by atoms with Crippen LogP contribution in [0.15, 0.2) is 12.1 Å². The van der Waals surface area contributed by atoms with Crippen LogP contribution < -0.4 is 14.7 Å². The summed E-state index contributed by atoms with van der Waals surface area (Å²) in [5.74, 6) is -1.29. The number of hydrogen-bond acceptors (Lipinski definition) is 8. The van der Waals surface area contributed by atoms with E-state index in [4.69, 9.17) is 14.1 Å². The molecule has 0 spiro atoms. The Bertz CT molecular complexity index is 805. The number of carboxylic acid groups (broad SMARTS) is 1. The molecular weight excluding hydrogens is 383 g/mol. The molecule has 0 radical (unpaired) electrons. The van der Waals surface area contributed by atoms with Gasteiger partial charge in [-0.1, -0.05) is 12.4 Å². The van der Waals surface area contributed by atoms with Crippen LogP contribution in [-0.2, 0) is 16.0 Å². The van der Waals surface area contributed by atoms with Crippen molar-refractivity contribution in [1.29, 1.82) is 0 Å². The van der Waals surface area contributed by atoms with Crippen molar-refractivity contribution in [3.63, 3.8) is 0 Å². The summed E-state index contributed by atoms with van der Waals surface area (Å²) >= 11 is 0. The van der Waals surface area contributed by atoms with Crippen LogP contribution in [0.4, 0.5) is 0 Å². The van der Waals surface area contributed by atoms with E-state index in [0.29, 0.717) is 44.6 Å². The van der Waals surface area contributed by atoms with Gasteiger partial charge in [0.2, 0.25) is 5.91 Å². The topological polar surface area (TPSA) is 138 Å². The first-order valence-electron chi connectivity index (χ1n) is 9.77. The third kappa shape index (κ3) is 4.32. The molecule has 4 rings (SSSR count). The summed E-state index contributed by atoms with van der Waals surface area (Å²) in [6, 6.07) is 3.21. The Hall–Kier alpha value is -2.34. The van der Waals surface area contributed by atoms with Crippen LogP contribution in [0.3, 0.4) is 0 Å². The molecule has 2 saturated heterocycles. The largest absolute Gasteiger partial charge is 0.669 e. The van der Waals surface area contributed by atoms with Gasteiger partial charge >= 0.3 is 12.7 Å². The number of benzene rings is 1. The number of aromatic carboxylic acids is 1. The maximum atomic E-state index is 12.3. The summed E-state index contributed by atoms with van der Waals surface area (Å²) in [7, 11) is 0. The summed E-state index contributed by atoms with van der Waals surface area (Å²) in [6.07, 6.45) is 0.123. The van der Waals surface area contributed by atoms with Crippen LogP contribution in [0.5, 0.6) is 11.5 Å². The minimum atomic E-state index is -3.09. The first kappa shape index (κ1) is 20.0. The molecule has 11 heteroatoms. The number of carbonyl (C=O) groups is 2. The number of nitrogens with one attached hydrogen (secondary N) is 1. The molecule has 1 aromatic rings. The smallest absolute Gasteiger partial charge is 0.430 e. The Labute approximate surface area is 167 Å². The predicted octanol–water partition coefficient (Wildman–Crippen LogP) is -0.789. The minimum Gasteiger partial charge on any atom is -0.669 e. The third-order valence-electron chi connectivity index (χ3n) is 5.41. The van der Waals surface area contributed by atoms with Crippen molar-refractivity contribution in [2.75, 3.05) is 32.8 Å². The Morgan fingerprint density at radius 1 is 1.31 bits per heavy atom. The molecule has 1 unspecified atom stereocenters. The average molecular weight is 407 g/mol. The summed E-state index contributed by atoms with van der Waals surface area (Å²) < 4.78 is 16.5. The van der Waals surface area contributed by atoms with Crippen molar-refractivity contribution in [2.24, 2.45) is 0 Å². The van der Waals surface area contributed by atoms with Crippen molar-refractivity contribution in [3.8, 4) is 11.5 Å². The van der Waals surface area contributed by atoms with Crippen molar-refractivity contribution in [2.45, 2.75) is 31.4 Å². The zero-order valence-corrected chi connectivity index (χ0v) is 15.9. The van der Waals surface area contributed by atoms with E-state index in [1.54, 1.807) is 17.0 Å². The quantitative estimate of drug-likeness (QED) is 0.463. The molecule has 0 aromatic heterocycles. The predicted molar refractivity (Wildman–Crippen MR) is 101 cm³/mol. The number of carboxylic acids is 1. The van der Waals surface area contributed by atoms with Gasteiger partial charge < -0.3 is 39.5 Å². The lowest BCUT2D eigenvalue weighted by Gasteiger charge is -2.41. The zero-order valence-electron chi connectivity index (χ0n) is 15.9. The van der Waals surface area contributed by atoms with Crippen molar-refractivity contribution >= 4 is 18.6 Å². The highest BCUT2D eigenvalue weighted by atomic mass is 16.6. The fourth-order valence-corrected chi connectivity index (χ4v) is 3.80. The maximum Gasteiger partial charge on any atom is 0.430 e. The van der Waals surface area contributed by atoms with Gasteiger partial charge in [-0.25, -0.2) is 4.79 Å². The number of nitrogens with zero attached hydrogens (tertiary/aromatic N) is 1. The molecule has 3 heterocycles. The lowest BCUT2D eigenvalue weighted by atomic mass is 9.70. The number of likely N-dealkylation sites (tertiary alicyclic amines) is 1. The number of carbonyl (C=O) groups excluding carboxylic acids is 1. The van der Waals surface area contributed by atoms with Crippen LogP contribution in [0.25, 0.3) is 0 Å². The number of ether oxygens (including phenoxy) is 2. The van der Waals surface area contributed by atoms with Gasteiger partial charge in [0.25, 0.3) is 0 Å². The number of rotatable bonds is 5. The monoisotopic (exact) mass is 407 g/mol. The second-order valence-corrected chi connectivity index (χ2v) is 7.69. The molecule has 3 aliphatic rings. The zero-order chi connectivity index (χ0) is 20.6. The molecule has 158 valence electrons. The molecule has 1 aromatic carbocycles. The average Bonchev–Trinajstić information content (AvgIpc) is 2.63. The van der Waals surface area contributed by atoms with Crippen LogP contribution in [0.2, 0.25) is 6.32 Å². The standard InChI is InChI=1S/C18H24BN2O8/c22-15(7-12-8-20-5-6-27-12)21-9-13(10-21)28-14-2-1-11-3-4-19(25,26)29-17(11)16(14)18(23)24/h1-2,12-13,20,25-26H,3-10H2,(H,23,24)/q-1. The molecular formula is C18H24BN2O8-. The first-order chi connectivity index (χ1) is 13.8. The van der Waals surface area contributed by atoms with E-state index < -0.39 is 12.7 Å². The second kappa shape index (κ2) is 7.83. The molecule has 1 atom stereocenters. The van der Waals surface area contributed by atoms with Gasteiger partial charge in [0.1, 0.15) is 17.4 Å². The SMILES string of the molecule is O=C(O)c1c(OC2CN(C(=O)CC3CNCCO3)C2)ccc2c1O[B-](O)(O)CC2. The Kier molecular flexibility index (Phi) is 5.39. The van der Waals surface area contributed by atoms with E-state index >= 15 is 0 Å². The number of fused-ring (bicyclic) bond motifs is 1. The number of amides is 1. The summed E-state index contributed by atoms with van der Waals surface area (Å²) in [5, 5.41) is 32.4. The Morgan fingerprint density at radius 3 is 2.79 bits per heavy atom. The molecule has 4 N–H and O–H groups in total. The van der Waals surface area contributed by atoms with Crippen molar-refractivity contribution in [3.05, 3.63) is 23.3 Å². The van der Waals surface area contributed by atoms with Gasteiger partial charge in [0, 0.05) is 13.1 Å². The summed E-state index contributed by atoms with van der Waals surface area (Å²) in [5.41, 5.74) is 0.352. The molecule has 0 bridgehead atoms. The maximum absolute atomic E-state index is 12.3. The number of aryl methyl sites for hydroxylation is 1.